The third-order valence-corrected chi connectivity index (χ3v) is 6.02. The third-order valence-electron chi connectivity index (χ3n) is 4.25. The van der Waals surface area contributed by atoms with Gasteiger partial charge in [-0.2, -0.15) is 5.26 Å². The zero-order valence-electron chi connectivity index (χ0n) is 14.3. The fourth-order valence-electron chi connectivity index (χ4n) is 2.86. The minimum absolute atomic E-state index is 0.0656. The first-order chi connectivity index (χ1) is 12.9. The van der Waals surface area contributed by atoms with Crippen molar-refractivity contribution in [1.82, 2.24) is 5.32 Å². The van der Waals surface area contributed by atoms with Gasteiger partial charge in [-0.25, -0.2) is 8.42 Å². The second kappa shape index (κ2) is 7.60. The maximum atomic E-state index is 12.5. The molecule has 1 aliphatic rings. The standard InChI is InChI=1S/C19H17N3O4S/c20-11-15-4-1-2-7-17(15)22-19(24)14-6-3-5-13(10-14)18(23)21-16-8-9-27(25,26)12-16/h1-7,10,16H,8-9,12H2,(H,21,23)(H,22,24). The Morgan fingerprint density at radius 1 is 1.04 bits per heavy atom. The van der Waals surface area contributed by atoms with Crippen LogP contribution in [0, 0.1) is 11.3 Å². The third kappa shape index (κ3) is 4.51. The highest BCUT2D eigenvalue weighted by Crippen LogP contribution is 2.16. The molecule has 0 aliphatic carbocycles. The molecule has 2 N–H and O–H groups in total. The minimum Gasteiger partial charge on any atom is -0.348 e. The lowest BCUT2D eigenvalue weighted by atomic mass is 10.1. The normalized spacial score (nSPS) is 17.7. The van der Waals surface area contributed by atoms with Gasteiger partial charge in [0, 0.05) is 17.2 Å². The van der Waals surface area contributed by atoms with Gasteiger partial charge in [-0.15, -0.1) is 0 Å². The van der Waals surface area contributed by atoms with Crippen LogP contribution in [0.4, 0.5) is 5.69 Å². The van der Waals surface area contributed by atoms with Gasteiger partial charge in [0.2, 0.25) is 0 Å². The van der Waals surface area contributed by atoms with Crippen molar-refractivity contribution < 1.29 is 18.0 Å². The Balaban J connectivity index is 1.72. The number of anilines is 1. The summed E-state index contributed by atoms with van der Waals surface area (Å²) in [5.74, 6) is -0.872. The van der Waals surface area contributed by atoms with Gasteiger partial charge in [0.15, 0.2) is 9.84 Å². The topological polar surface area (TPSA) is 116 Å². The number of nitrogens with zero attached hydrogens (tertiary/aromatic N) is 1. The first-order valence-electron chi connectivity index (χ1n) is 8.30. The Kier molecular flexibility index (Phi) is 5.23. The number of hydrogen-bond donors (Lipinski definition) is 2. The van der Waals surface area contributed by atoms with Crippen LogP contribution in [0.2, 0.25) is 0 Å². The number of nitriles is 1. The van der Waals surface area contributed by atoms with Crippen molar-refractivity contribution in [1.29, 1.82) is 5.26 Å². The monoisotopic (exact) mass is 383 g/mol. The molecule has 0 spiro atoms. The second-order valence-corrected chi connectivity index (χ2v) is 8.49. The van der Waals surface area contributed by atoms with E-state index in [0.29, 0.717) is 17.7 Å². The molecule has 1 heterocycles. The van der Waals surface area contributed by atoms with E-state index in [1.165, 1.54) is 6.07 Å². The number of carbonyl (C=O) groups excluding carboxylic acids is 2. The molecule has 1 saturated heterocycles. The molecule has 0 saturated carbocycles. The molecular formula is C19H17N3O4S. The SMILES string of the molecule is N#Cc1ccccc1NC(=O)c1cccc(C(=O)NC2CCS(=O)(=O)C2)c1. The molecule has 1 atom stereocenters. The van der Waals surface area contributed by atoms with Crippen LogP contribution in [0.3, 0.4) is 0 Å². The van der Waals surface area contributed by atoms with Gasteiger partial charge in [0.25, 0.3) is 11.8 Å². The van der Waals surface area contributed by atoms with E-state index >= 15 is 0 Å². The average Bonchev–Trinajstić information content (AvgIpc) is 3.00. The number of rotatable bonds is 4. The van der Waals surface area contributed by atoms with E-state index in [-0.39, 0.29) is 22.6 Å². The predicted octanol–water partition coefficient (Wildman–Crippen LogP) is 1.73. The maximum Gasteiger partial charge on any atom is 0.255 e. The number of sulfone groups is 1. The average molecular weight is 383 g/mol. The molecule has 0 radical (unpaired) electrons. The van der Waals surface area contributed by atoms with Crippen molar-refractivity contribution in [3.63, 3.8) is 0 Å². The lowest BCUT2D eigenvalue weighted by Crippen LogP contribution is -2.35. The lowest BCUT2D eigenvalue weighted by Gasteiger charge is -2.12. The zero-order chi connectivity index (χ0) is 19.4. The molecule has 1 fully saturated rings. The number of benzene rings is 2. The number of nitrogens with one attached hydrogen (secondary N) is 2. The van der Waals surface area contributed by atoms with Crippen molar-refractivity contribution in [2.45, 2.75) is 12.5 Å². The largest absolute Gasteiger partial charge is 0.348 e. The summed E-state index contributed by atoms with van der Waals surface area (Å²) < 4.78 is 23.0. The van der Waals surface area contributed by atoms with Crippen molar-refractivity contribution in [3.05, 3.63) is 65.2 Å². The molecular weight excluding hydrogens is 366 g/mol. The van der Waals surface area contributed by atoms with Crippen LogP contribution in [-0.2, 0) is 9.84 Å². The Labute approximate surface area is 156 Å². The van der Waals surface area contributed by atoms with Gasteiger partial charge in [-0.1, -0.05) is 18.2 Å². The first kappa shape index (κ1) is 18.6. The van der Waals surface area contributed by atoms with E-state index in [1.54, 1.807) is 42.5 Å². The molecule has 1 aliphatic heterocycles. The van der Waals surface area contributed by atoms with Gasteiger partial charge in [0.1, 0.15) is 6.07 Å². The summed E-state index contributed by atoms with van der Waals surface area (Å²) in [6, 6.07) is 14.3. The van der Waals surface area contributed by atoms with Crippen molar-refractivity contribution in [2.24, 2.45) is 0 Å². The molecule has 2 aromatic rings. The summed E-state index contributed by atoms with van der Waals surface area (Å²) in [5, 5.41) is 14.4. The molecule has 138 valence electrons. The fourth-order valence-corrected chi connectivity index (χ4v) is 4.54. The van der Waals surface area contributed by atoms with Crippen LogP contribution in [0.1, 0.15) is 32.7 Å². The van der Waals surface area contributed by atoms with Gasteiger partial charge in [-0.05, 0) is 36.8 Å². The smallest absolute Gasteiger partial charge is 0.255 e. The van der Waals surface area contributed by atoms with Crippen LogP contribution >= 0.6 is 0 Å². The van der Waals surface area contributed by atoms with Gasteiger partial charge in [0.05, 0.1) is 22.8 Å². The summed E-state index contributed by atoms with van der Waals surface area (Å²) >= 11 is 0. The van der Waals surface area contributed by atoms with Gasteiger partial charge < -0.3 is 10.6 Å². The molecule has 1 unspecified atom stereocenters. The molecule has 27 heavy (non-hydrogen) atoms. The van der Waals surface area contributed by atoms with Crippen LogP contribution in [0.15, 0.2) is 48.5 Å². The van der Waals surface area contributed by atoms with E-state index in [1.807, 2.05) is 6.07 Å². The maximum absolute atomic E-state index is 12.5. The summed E-state index contributed by atoms with van der Waals surface area (Å²) in [6.45, 7) is 0. The molecule has 0 bridgehead atoms. The Morgan fingerprint density at radius 3 is 2.41 bits per heavy atom. The number of carbonyl (C=O) groups is 2. The highest BCUT2D eigenvalue weighted by molar-refractivity contribution is 7.91. The molecule has 3 rings (SSSR count). The summed E-state index contributed by atoms with van der Waals surface area (Å²) in [4.78, 5) is 24.8. The number of amides is 2. The summed E-state index contributed by atoms with van der Waals surface area (Å²) in [7, 11) is -3.09. The van der Waals surface area contributed by atoms with E-state index in [2.05, 4.69) is 10.6 Å². The van der Waals surface area contributed by atoms with Crippen LogP contribution < -0.4 is 10.6 Å². The molecule has 2 aromatic carbocycles. The van der Waals surface area contributed by atoms with E-state index < -0.39 is 27.7 Å². The zero-order valence-corrected chi connectivity index (χ0v) is 15.1. The van der Waals surface area contributed by atoms with Crippen LogP contribution in [0.25, 0.3) is 0 Å². The van der Waals surface area contributed by atoms with Crippen LogP contribution in [-0.4, -0.2) is 37.8 Å². The summed E-state index contributed by atoms with van der Waals surface area (Å²) in [5.41, 5.74) is 1.24. The summed E-state index contributed by atoms with van der Waals surface area (Å²) in [6.07, 6.45) is 0.388. The van der Waals surface area contributed by atoms with Crippen molar-refractivity contribution >= 4 is 27.3 Å². The fraction of sp³-hybridized carbons (Fsp3) is 0.211. The lowest BCUT2D eigenvalue weighted by molar-refractivity contribution is 0.0941. The number of hydrogen-bond acceptors (Lipinski definition) is 5. The molecule has 0 aromatic heterocycles. The van der Waals surface area contributed by atoms with E-state index in [4.69, 9.17) is 5.26 Å². The Bertz CT molecular complexity index is 1040. The highest BCUT2D eigenvalue weighted by Gasteiger charge is 2.29. The van der Waals surface area contributed by atoms with Crippen molar-refractivity contribution in [3.8, 4) is 6.07 Å². The molecule has 2 amide bonds. The minimum atomic E-state index is -3.09. The molecule has 8 heteroatoms. The van der Waals surface area contributed by atoms with Gasteiger partial charge >= 0.3 is 0 Å². The highest BCUT2D eigenvalue weighted by atomic mass is 32.2. The van der Waals surface area contributed by atoms with E-state index in [0.717, 1.165) is 0 Å². The van der Waals surface area contributed by atoms with Gasteiger partial charge in [-0.3, -0.25) is 9.59 Å². The second-order valence-electron chi connectivity index (χ2n) is 6.27. The first-order valence-corrected chi connectivity index (χ1v) is 10.1. The molecule has 7 nitrogen and oxygen atoms in total. The number of para-hydroxylation sites is 1. The van der Waals surface area contributed by atoms with Crippen LogP contribution in [0.5, 0.6) is 0 Å². The predicted molar refractivity (Wildman–Crippen MR) is 100 cm³/mol. The Hall–Kier alpha value is -3.18. The van der Waals surface area contributed by atoms with E-state index in [9.17, 15) is 18.0 Å². The van der Waals surface area contributed by atoms with Crippen molar-refractivity contribution in [2.75, 3.05) is 16.8 Å². The quantitative estimate of drug-likeness (QED) is 0.834. The Morgan fingerprint density at radius 2 is 1.74 bits per heavy atom.